The van der Waals surface area contributed by atoms with Crippen LogP contribution in [0, 0.1) is 0 Å². The topological polar surface area (TPSA) is 62.7 Å². The Morgan fingerprint density at radius 3 is 2.96 bits per heavy atom. The fourth-order valence-corrected chi connectivity index (χ4v) is 4.85. The van der Waals surface area contributed by atoms with Gasteiger partial charge in [-0.2, -0.15) is 0 Å². The van der Waals surface area contributed by atoms with E-state index in [2.05, 4.69) is 4.98 Å². The van der Waals surface area contributed by atoms with Gasteiger partial charge < -0.3 is 14.7 Å². The average Bonchev–Trinajstić information content (AvgIpc) is 2.98. The van der Waals surface area contributed by atoms with Crippen LogP contribution >= 0.6 is 11.8 Å². The lowest BCUT2D eigenvalue weighted by molar-refractivity contribution is 0.0517. The molecule has 2 fully saturated rings. The summed E-state index contributed by atoms with van der Waals surface area (Å²) in [5.41, 5.74) is 0.538. The fourth-order valence-electron chi connectivity index (χ4n) is 3.32. The van der Waals surface area contributed by atoms with Crippen molar-refractivity contribution in [2.75, 3.05) is 18.8 Å². The van der Waals surface area contributed by atoms with Gasteiger partial charge in [-0.1, -0.05) is 6.07 Å². The normalized spacial score (nSPS) is 21.5. The molecule has 24 heavy (non-hydrogen) atoms. The number of aromatic nitrogens is 1. The van der Waals surface area contributed by atoms with E-state index in [4.69, 9.17) is 4.74 Å². The molecule has 2 aliphatic rings. The zero-order valence-corrected chi connectivity index (χ0v) is 13.9. The summed E-state index contributed by atoms with van der Waals surface area (Å²) in [7, 11) is 0. The van der Waals surface area contributed by atoms with Crippen LogP contribution in [0.25, 0.3) is 0 Å². The SMILES string of the molecule is O=C(c1cccc(O)c1)N1CC2(CC(Oc3cccnc3)CS2)C1. The van der Waals surface area contributed by atoms with Crippen molar-refractivity contribution in [3.8, 4) is 11.5 Å². The van der Waals surface area contributed by atoms with Crippen LogP contribution in [0.15, 0.2) is 48.8 Å². The van der Waals surface area contributed by atoms with E-state index in [0.717, 1.165) is 31.0 Å². The molecule has 1 aromatic carbocycles. The van der Waals surface area contributed by atoms with Crippen molar-refractivity contribution in [2.45, 2.75) is 17.3 Å². The van der Waals surface area contributed by atoms with Crippen LogP contribution in [0.4, 0.5) is 0 Å². The van der Waals surface area contributed by atoms with Gasteiger partial charge in [-0.3, -0.25) is 9.78 Å². The molecule has 4 rings (SSSR count). The van der Waals surface area contributed by atoms with Gasteiger partial charge in [0.1, 0.15) is 17.6 Å². The summed E-state index contributed by atoms with van der Waals surface area (Å²) in [6.45, 7) is 1.47. The van der Waals surface area contributed by atoms with Crippen molar-refractivity contribution in [3.63, 3.8) is 0 Å². The minimum Gasteiger partial charge on any atom is -0.508 e. The second kappa shape index (κ2) is 6.02. The molecule has 6 heteroatoms. The fraction of sp³-hybridized carbons (Fsp3) is 0.333. The third kappa shape index (κ3) is 2.94. The number of nitrogens with zero attached hydrogens (tertiary/aromatic N) is 2. The number of carbonyl (C=O) groups excluding carboxylic acids is 1. The molecule has 1 atom stereocenters. The van der Waals surface area contributed by atoms with Gasteiger partial charge in [0.25, 0.3) is 5.91 Å². The number of hydrogen-bond acceptors (Lipinski definition) is 5. The van der Waals surface area contributed by atoms with E-state index >= 15 is 0 Å². The highest BCUT2D eigenvalue weighted by Crippen LogP contribution is 2.46. The molecule has 3 heterocycles. The second-order valence-corrected chi connectivity index (χ2v) is 7.83. The summed E-state index contributed by atoms with van der Waals surface area (Å²) in [5, 5.41) is 9.52. The maximum Gasteiger partial charge on any atom is 0.254 e. The molecular formula is C18H18N2O3S. The summed E-state index contributed by atoms with van der Waals surface area (Å²) >= 11 is 1.89. The Hall–Kier alpha value is -2.21. The number of carbonyl (C=O) groups is 1. The van der Waals surface area contributed by atoms with Gasteiger partial charge in [0.2, 0.25) is 0 Å². The first kappa shape index (κ1) is 15.3. The molecule has 1 spiro atoms. The molecule has 2 aromatic rings. The van der Waals surface area contributed by atoms with Crippen molar-refractivity contribution in [3.05, 3.63) is 54.4 Å². The molecule has 2 aliphatic heterocycles. The lowest BCUT2D eigenvalue weighted by Crippen LogP contribution is -2.60. The van der Waals surface area contributed by atoms with Crippen LogP contribution in [0.3, 0.4) is 0 Å². The van der Waals surface area contributed by atoms with Gasteiger partial charge in [0.05, 0.1) is 10.9 Å². The quantitative estimate of drug-likeness (QED) is 0.929. The molecule has 1 amide bonds. The summed E-state index contributed by atoms with van der Waals surface area (Å²) in [4.78, 5) is 18.4. The van der Waals surface area contributed by atoms with Crippen LogP contribution in [0.5, 0.6) is 11.5 Å². The Kier molecular flexibility index (Phi) is 3.84. The van der Waals surface area contributed by atoms with Gasteiger partial charge >= 0.3 is 0 Å². The number of amides is 1. The van der Waals surface area contributed by atoms with Gasteiger partial charge in [0, 0.05) is 37.0 Å². The number of ether oxygens (including phenoxy) is 1. The maximum atomic E-state index is 12.5. The Labute approximate surface area is 144 Å². The monoisotopic (exact) mass is 342 g/mol. The lowest BCUT2D eigenvalue weighted by atomic mass is 9.92. The Morgan fingerprint density at radius 1 is 1.33 bits per heavy atom. The largest absolute Gasteiger partial charge is 0.508 e. The summed E-state index contributed by atoms with van der Waals surface area (Å²) in [6.07, 6.45) is 4.57. The van der Waals surface area contributed by atoms with Crippen molar-refractivity contribution in [2.24, 2.45) is 0 Å². The highest BCUT2D eigenvalue weighted by Gasteiger charge is 2.51. The number of likely N-dealkylation sites (tertiary alicyclic amines) is 1. The van der Waals surface area contributed by atoms with Gasteiger partial charge in [-0.15, -0.1) is 11.8 Å². The number of rotatable bonds is 3. The average molecular weight is 342 g/mol. The third-order valence-electron chi connectivity index (χ3n) is 4.45. The number of aromatic hydroxyl groups is 1. The van der Waals surface area contributed by atoms with Crippen molar-refractivity contribution >= 4 is 17.7 Å². The predicted octanol–water partition coefficient (Wildman–Crippen LogP) is 2.57. The van der Waals surface area contributed by atoms with E-state index in [1.165, 1.54) is 6.07 Å². The number of pyridine rings is 1. The molecule has 1 N–H and O–H groups in total. The number of hydrogen-bond donors (Lipinski definition) is 1. The smallest absolute Gasteiger partial charge is 0.254 e. The van der Waals surface area contributed by atoms with Crippen molar-refractivity contribution < 1.29 is 14.6 Å². The molecule has 124 valence electrons. The van der Waals surface area contributed by atoms with Crippen LogP contribution in [0.1, 0.15) is 16.8 Å². The van der Waals surface area contributed by atoms with E-state index in [9.17, 15) is 9.90 Å². The van der Waals surface area contributed by atoms with Crippen LogP contribution in [0.2, 0.25) is 0 Å². The second-order valence-electron chi connectivity index (χ2n) is 6.34. The van der Waals surface area contributed by atoms with E-state index in [1.54, 1.807) is 30.6 Å². The Morgan fingerprint density at radius 2 is 2.21 bits per heavy atom. The number of phenolic OH excluding ortho intramolecular Hbond substituents is 1. The minimum atomic E-state index is -0.0197. The van der Waals surface area contributed by atoms with E-state index < -0.39 is 0 Å². The number of phenols is 1. The molecule has 1 unspecified atom stereocenters. The third-order valence-corrected chi connectivity index (χ3v) is 6.03. The van der Waals surface area contributed by atoms with Gasteiger partial charge in [0.15, 0.2) is 0 Å². The molecule has 0 aliphatic carbocycles. The molecule has 5 nitrogen and oxygen atoms in total. The van der Waals surface area contributed by atoms with E-state index in [0.29, 0.717) is 5.56 Å². The van der Waals surface area contributed by atoms with Crippen LogP contribution in [-0.2, 0) is 0 Å². The summed E-state index contributed by atoms with van der Waals surface area (Å²) in [5.74, 6) is 1.83. The Balaban J connectivity index is 1.34. The van der Waals surface area contributed by atoms with Gasteiger partial charge in [-0.05, 0) is 30.3 Å². The standard InChI is InChI=1S/C18H18N2O3S/c21-14-4-1-3-13(7-14)17(22)20-11-18(12-20)8-16(10-24-18)23-15-5-2-6-19-9-15/h1-7,9,16,21H,8,10-12H2. The Bertz CT molecular complexity index is 747. The molecular weight excluding hydrogens is 324 g/mol. The molecule has 1 aromatic heterocycles. The number of thioether (sulfide) groups is 1. The first-order chi connectivity index (χ1) is 11.6. The molecule has 2 saturated heterocycles. The first-order valence-electron chi connectivity index (χ1n) is 7.93. The maximum absolute atomic E-state index is 12.5. The van der Waals surface area contributed by atoms with Crippen molar-refractivity contribution in [1.82, 2.24) is 9.88 Å². The highest BCUT2D eigenvalue weighted by molar-refractivity contribution is 8.01. The molecule has 0 radical (unpaired) electrons. The molecule has 0 bridgehead atoms. The molecule has 0 saturated carbocycles. The summed E-state index contributed by atoms with van der Waals surface area (Å²) in [6, 6.07) is 10.3. The minimum absolute atomic E-state index is 0.0197. The zero-order chi connectivity index (χ0) is 16.6. The summed E-state index contributed by atoms with van der Waals surface area (Å²) < 4.78 is 6.09. The van der Waals surface area contributed by atoms with Gasteiger partial charge in [-0.25, -0.2) is 0 Å². The van der Waals surface area contributed by atoms with E-state index in [-0.39, 0.29) is 22.5 Å². The van der Waals surface area contributed by atoms with Crippen LogP contribution < -0.4 is 4.74 Å². The van der Waals surface area contributed by atoms with Crippen LogP contribution in [-0.4, -0.2) is 50.6 Å². The first-order valence-corrected chi connectivity index (χ1v) is 8.91. The lowest BCUT2D eigenvalue weighted by Gasteiger charge is -2.47. The zero-order valence-electron chi connectivity index (χ0n) is 13.1. The van der Waals surface area contributed by atoms with E-state index in [1.807, 2.05) is 28.8 Å². The highest BCUT2D eigenvalue weighted by atomic mass is 32.2. The number of benzene rings is 1. The predicted molar refractivity (Wildman–Crippen MR) is 92.5 cm³/mol. The van der Waals surface area contributed by atoms with Crippen molar-refractivity contribution in [1.29, 1.82) is 0 Å².